The Kier molecular flexibility index (Phi) is 25.9. The van der Waals surface area contributed by atoms with Crippen molar-refractivity contribution in [2.24, 2.45) is 0 Å². The molecule has 0 bridgehead atoms. The number of halogens is 1. The van der Waals surface area contributed by atoms with Gasteiger partial charge in [-0.25, -0.2) is 9.48 Å². The number of hydrogen-bond donors (Lipinski definition) is 0. The summed E-state index contributed by atoms with van der Waals surface area (Å²) in [6, 6.07) is 0. The van der Waals surface area contributed by atoms with Gasteiger partial charge in [0.1, 0.15) is 11.3 Å². The van der Waals surface area contributed by atoms with E-state index >= 15 is 0 Å². The van der Waals surface area contributed by atoms with Gasteiger partial charge in [-0.05, 0) is 20.8 Å². The molecule has 1 fully saturated rings. The third-order valence-electron chi connectivity index (χ3n) is 6.46. The summed E-state index contributed by atoms with van der Waals surface area (Å²) in [6.45, 7) is 18.7. The lowest BCUT2D eigenvalue weighted by molar-refractivity contribution is -0.0213. The molecule has 0 N–H and O–H groups in total. The van der Waals surface area contributed by atoms with Gasteiger partial charge in [0.25, 0.3) is 0 Å². The van der Waals surface area contributed by atoms with Gasteiger partial charge in [-0.1, -0.05) is 5.21 Å². The van der Waals surface area contributed by atoms with E-state index in [0.717, 1.165) is 25.3 Å². The summed E-state index contributed by atoms with van der Waals surface area (Å²) in [5.74, 6) is 0. The smallest absolute Gasteiger partial charge is 0.410 e. The molecule has 1 saturated heterocycles. The lowest BCUT2D eigenvalue weighted by Crippen LogP contribution is -2.50. The van der Waals surface area contributed by atoms with Crippen LogP contribution in [0.1, 0.15) is 26.5 Å². The number of carbonyl (C=O) groups excluding carboxylic acids is 1. The highest BCUT2D eigenvalue weighted by Gasteiger charge is 2.25. The molecule has 18 heteroatoms. The fraction of sp³-hybridized carbons (Fsp3) is 0.900. The summed E-state index contributed by atoms with van der Waals surface area (Å²) in [7, 11) is 1.30. The van der Waals surface area contributed by atoms with E-state index in [1.807, 2.05) is 27.0 Å². The number of aromatic nitrogens is 3. The second kappa shape index (κ2) is 28.8. The first-order chi connectivity index (χ1) is 23.4. The van der Waals surface area contributed by atoms with Crippen molar-refractivity contribution in [3.8, 4) is 0 Å². The van der Waals surface area contributed by atoms with Crippen LogP contribution in [0.2, 0.25) is 0 Å². The van der Waals surface area contributed by atoms with E-state index in [9.17, 15) is 4.79 Å². The molecule has 280 valence electrons. The molecule has 2 heterocycles. The summed E-state index contributed by atoms with van der Waals surface area (Å²) in [4.78, 5) is 16.2. The summed E-state index contributed by atoms with van der Waals surface area (Å²) < 4.78 is 56.5. The van der Waals surface area contributed by atoms with E-state index in [4.69, 9.17) is 46.8 Å². The van der Waals surface area contributed by atoms with Crippen LogP contribution in [-0.4, -0.2) is 175 Å². The number of ether oxygens (including phenoxy) is 9. The van der Waals surface area contributed by atoms with Gasteiger partial charge in [-0.2, -0.15) is 0 Å². The van der Waals surface area contributed by atoms with Crippen LogP contribution in [0.25, 0.3) is 0 Å². The SMILES string of the molecule is CC(C)(C)OC(=O)N1CCN(CCOCc2cn(CCOCCOCCOCCOCCOCCOCCOCCOSI)nn2)CC1. The molecule has 0 radical (unpaired) electrons. The van der Waals surface area contributed by atoms with Gasteiger partial charge in [0.2, 0.25) is 0 Å². The van der Waals surface area contributed by atoms with Crippen LogP contribution in [0.5, 0.6) is 0 Å². The van der Waals surface area contributed by atoms with Gasteiger partial charge in [0.15, 0.2) is 0 Å². The van der Waals surface area contributed by atoms with Crippen molar-refractivity contribution in [1.82, 2.24) is 24.8 Å². The van der Waals surface area contributed by atoms with Gasteiger partial charge in [-0.3, -0.25) is 4.90 Å². The van der Waals surface area contributed by atoms with Crippen LogP contribution < -0.4 is 0 Å². The minimum Gasteiger partial charge on any atom is -0.444 e. The van der Waals surface area contributed by atoms with E-state index < -0.39 is 5.60 Å². The van der Waals surface area contributed by atoms with E-state index in [-0.39, 0.29) is 6.09 Å². The molecule has 1 amide bonds. The molecule has 1 aromatic rings. The van der Waals surface area contributed by atoms with Crippen LogP contribution in [0.15, 0.2) is 6.20 Å². The lowest BCUT2D eigenvalue weighted by Gasteiger charge is -2.35. The Bertz CT molecular complexity index is 911. The predicted octanol–water partition coefficient (Wildman–Crippen LogP) is 2.48. The highest BCUT2D eigenvalue weighted by atomic mass is 127. The normalized spacial score (nSPS) is 14.2. The van der Waals surface area contributed by atoms with Gasteiger partial charge < -0.3 is 51.7 Å². The molecule has 2 rings (SSSR count). The summed E-state index contributed by atoms with van der Waals surface area (Å²) in [5, 5.41) is 8.30. The van der Waals surface area contributed by atoms with Gasteiger partial charge in [0.05, 0.1) is 134 Å². The topological polar surface area (TPSA) is 147 Å². The van der Waals surface area contributed by atoms with Crippen LogP contribution in [0, 0.1) is 0 Å². The zero-order valence-electron chi connectivity index (χ0n) is 28.9. The molecule has 1 aliphatic heterocycles. The number of amides is 1. The first-order valence-electron chi connectivity index (χ1n) is 16.5. The van der Waals surface area contributed by atoms with Crippen LogP contribution in [0.4, 0.5) is 4.79 Å². The lowest BCUT2D eigenvalue weighted by atomic mass is 10.2. The first-order valence-corrected chi connectivity index (χ1v) is 19.8. The maximum Gasteiger partial charge on any atom is 0.410 e. The molecule has 0 aliphatic carbocycles. The molecule has 0 atom stereocenters. The number of nitrogens with zero attached hydrogens (tertiary/aromatic N) is 5. The number of piperazine rings is 1. The quantitative estimate of drug-likeness (QED) is 0.0636. The van der Waals surface area contributed by atoms with Gasteiger partial charge in [0, 0.05) is 53.9 Å². The largest absolute Gasteiger partial charge is 0.444 e. The standard InChI is InChI=1S/C30H56IN5O11S/c1-30(2,3)47-29(37)35-6-4-34(5-7-35)8-10-45-27-28-26-36(33-32-28)9-11-38-12-13-39-14-15-40-16-17-41-18-19-42-20-21-43-22-23-44-24-25-46-48-31/h26H,4-25,27H2,1-3H3. The summed E-state index contributed by atoms with van der Waals surface area (Å²) in [5.41, 5.74) is 0.300. The molecule has 0 unspecified atom stereocenters. The van der Waals surface area contributed by atoms with Gasteiger partial charge in [-0.15, -0.1) is 5.10 Å². The Morgan fingerprint density at radius 3 is 1.62 bits per heavy atom. The third kappa shape index (κ3) is 24.3. The van der Waals surface area contributed by atoms with Crippen LogP contribution in [-0.2, 0) is 60.0 Å². The van der Waals surface area contributed by atoms with E-state index in [1.165, 1.54) is 9.21 Å². The zero-order chi connectivity index (χ0) is 34.5. The molecular formula is C30H56IN5O11S. The Morgan fingerprint density at radius 1 is 0.688 bits per heavy atom. The molecule has 16 nitrogen and oxygen atoms in total. The van der Waals surface area contributed by atoms with Crippen molar-refractivity contribution in [2.75, 3.05) is 138 Å². The number of carbonyl (C=O) groups is 1. The molecule has 0 aromatic carbocycles. The van der Waals surface area contributed by atoms with Crippen LogP contribution in [0.3, 0.4) is 0 Å². The van der Waals surface area contributed by atoms with Crippen molar-refractivity contribution in [3.05, 3.63) is 11.9 Å². The fourth-order valence-electron chi connectivity index (χ4n) is 4.07. The van der Waals surface area contributed by atoms with Crippen LogP contribution >= 0.6 is 30.4 Å². The van der Waals surface area contributed by atoms with E-state index in [2.05, 4.69) is 36.4 Å². The number of hydrogen-bond acceptors (Lipinski definition) is 15. The first kappa shape index (κ1) is 43.3. The highest BCUT2D eigenvalue weighted by molar-refractivity contribution is 14.2. The molecule has 48 heavy (non-hydrogen) atoms. The fourth-order valence-corrected chi connectivity index (χ4v) is 4.74. The molecular weight excluding hydrogens is 765 g/mol. The zero-order valence-corrected chi connectivity index (χ0v) is 31.8. The Labute approximate surface area is 301 Å². The third-order valence-corrected chi connectivity index (χ3v) is 7.48. The monoisotopic (exact) mass is 821 g/mol. The molecule has 0 saturated carbocycles. The van der Waals surface area contributed by atoms with Crippen molar-refractivity contribution < 1.29 is 51.6 Å². The summed E-state index contributed by atoms with van der Waals surface area (Å²) >= 11 is 2.07. The average molecular weight is 822 g/mol. The molecule has 1 aromatic heterocycles. The second-order valence-corrected chi connectivity index (χ2v) is 12.9. The Hall–Kier alpha value is -0.910. The predicted molar refractivity (Wildman–Crippen MR) is 187 cm³/mol. The Balaban J connectivity index is 1.28. The van der Waals surface area contributed by atoms with E-state index in [1.54, 1.807) is 9.58 Å². The van der Waals surface area contributed by atoms with Gasteiger partial charge >= 0.3 is 6.09 Å². The van der Waals surface area contributed by atoms with Crippen molar-refractivity contribution in [1.29, 1.82) is 0 Å². The van der Waals surface area contributed by atoms with E-state index in [0.29, 0.717) is 132 Å². The Morgan fingerprint density at radius 2 is 1.15 bits per heavy atom. The minimum absolute atomic E-state index is 0.247. The van der Waals surface area contributed by atoms with Crippen molar-refractivity contribution in [2.45, 2.75) is 39.5 Å². The average Bonchev–Trinajstić information content (AvgIpc) is 3.52. The van der Waals surface area contributed by atoms with Crippen molar-refractivity contribution >= 4 is 36.5 Å². The summed E-state index contributed by atoms with van der Waals surface area (Å²) in [6.07, 6.45) is 1.62. The number of rotatable bonds is 30. The maximum atomic E-state index is 12.2. The minimum atomic E-state index is -0.476. The van der Waals surface area contributed by atoms with Crippen molar-refractivity contribution in [3.63, 3.8) is 0 Å². The second-order valence-electron chi connectivity index (χ2n) is 11.5. The highest BCUT2D eigenvalue weighted by Crippen LogP contribution is 2.12. The molecule has 0 spiro atoms. The molecule has 1 aliphatic rings. The maximum absolute atomic E-state index is 12.2.